The second-order valence-electron chi connectivity index (χ2n) is 6.02. The molecule has 25 heavy (non-hydrogen) atoms. The monoisotopic (exact) mass is 339 g/mol. The molecule has 0 unspecified atom stereocenters. The van der Waals surface area contributed by atoms with E-state index < -0.39 is 12.1 Å². The van der Waals surface area contributed by atoms with Crippen molar-refractivity contribution in [3.05, 3.63) is 48.2 Å². The molecule has 1 heterocycles. The fourth-order valence-electron chi connectivity index (χ4n) is 2.84. The topological polar surface area (TPSA) is 68.5 Å². The lowest BCUT2D eigenvalue weighted by Crippen LogP contribution is -2.36. The van der Waals surface area contributed by atoms with Gasteiger partial charge in [-0.2, -0.15) is 0 Å². The number of ether oxygens (including phenoxy) is 1. The van der Waals surface area contributed by atoms with E-state index in [-0.39, 0.29) is 12.3 Å². The molecule has 130 valence electrons. The summed E-state index contributed by atoms with van der Waals surface area (Å²) in [5, 5.41) is 5.74. The lowest BCUT2D eigenvalue weighted by atomic mass is 10.0. The number of esters is 1. The number of benzene rings is 2. The van der Waals surface area contributed by atoms with Crippen molar-refractivity contribution < 1.29 is 18.7 Å². The highest BCUT2D eigenvalue weighted by Gasteiger charge is 2.19. The van der Waals surface area contributed by atoms with E-state index >= 15 is 0 Å². The highest BCUT2D eigenvalue weighted by molar-refractivity contribution is 6.08. The van der Waals surface area contributed by atoms with Crippen molar-refractivity contribution in [2.45, 2.75) is 32.8 Å². The number of rotatable bonds is 6. The van der Waals surface area contributed by atoms with Crippen molar-refractivity contribution in [2.75, 3.05) is 6.54 Å². The second-order valence-corrected chi connectivity index (χ2v) is 6.02. The van der Waals surface area contributed by atoms with Gasteiger partial charge in [0.1, 0.15) is 5.58 Å². The van der Waals surface area contributed by atoms with Gasteiger partial charge in [-0.1, -0.05) is 37.3 Å². The molecule has 0 aliphatic rings. The third-order valence-electron chi connectivity index (χ3n) is 4.10. The molecular formula is C20H21NO4. The lowest BCUT2D eigenvalue weighted by molar-refractivity contribution is -0.154. The molecular weight excluding hydrogens is 318 g/mol. The maximum Gasteiger partial charge on any atom is 0.311 e. The van der Waals surface area contributed by atoms with E-state index in [9.17, 15) is 9.59 Å². The van der Waals surface area contributed by atoms with Crippen molar-refractivity contribution in [2.24, 2.45) is 0 Å². The summed E-state index contributed by atoms with van der Waals surface area (Å²) in [4.78, 5) is 24.1. The first-order valence-corrected chi connectivity index (χ1v) is 8.45. The van der Waals surface area contributed by atoms with Crippen LogP contribution in [0.1, 0.15) is 25.8 Å². The molecule has 1 amide bonds. The Kier molecular flexibility index (Phi) is 5.03. The summed E-state index contributed by atoms with van der Waals surface area (Å²) < 4.78 is 10.8. The summed E-state index contributed by atoms with van der Waals surface area (Å²) >= 11 is 0. The molecule has 0 saturated heterocycles. The smallest absolute Gasteiger partial charge is 0.311 e. The first-order valence-electron chi connectivity index (χ1n) is 8.45. The zero-order valence-corrected chi connectivity index (χ0v) is 14.4. The van der Waals surface area contributed by atoms with E-state index in [2.05, 4.69) is 5.32 Å². The predicted molar refractivity (Wildman–Crippen MR) is 96.3 cm³/mol. The van der Waals surface area contributed by atoms with Crippen LogP contribution in [-0.2, 0) is 20.7 Å². The van der Waals surface area contributed by atoms with E-state index in [0.717, 1.165) is 33.7 Å². The number of hydrogen-bond acceptors (Lipinski definition) is 4. The minimum atomic E-state index is -0.811. The van der Waals surface area contributed by atoms with Crippen LogP contribution in [-0.4, -0.2) is 24.5 Å². The van der Waals surface area contributed by atoms with Gasteiger partial charge in [-0.15, -0.1) is 0 Å². The average Bonchev–Trinajstić information content (AvgIpc) is 3.02. The summed E-state index contributed by atoms with van der Waals surface area (Å²) in [7, 11) is 0. The molecule has 0 aliphatic heterocycles. The minimum absolute atomic E-state index is 0.0619. The molecule has 1 aromatic heterocycles. The number of furan rings is 1. The number of nitrogens with one attached hydrogen (secondary N) is 1. The third-order valence-corrected chi connectivity index (χ3v) is 4.10. The zero-order valence-electron chi connectivity index (χ0n) is 14.4. The van der Waals surface area contributed by atoms with Crippen LogP contribution in [0.2, 0.25) is 0 Å². The number of fused-ring (bicyclic) bond motifs is 3. The van der Waals surface area contributed by atoms with Gasteiger partial charge in [0.25, 0.3) is 5.91 Å². The van der Waals surface area contributed by atoms with Gasteiger partial charge in [0.15, 0.2) is 6.10 Å². The number of carbonyl (C=O) groups excluding carboxylic acids is 2. The largest absolute Gasteiger partial charge is 0.464 e. The van der Waals surface area contributed by atoms with Gasteiger partial charge in [0.2, 0.25) is 0 Å². The number of hydrogen-bond donors (Lipinski definition) is 1. The standard InChI is InChI=1S/C20H21NO4/c1-3-10-21-20(23)13(2)25-18(22)11-15-12-24-17-9-8-14-6-4-5-7-16(14)19(15)17/h4-9,12-13H,3,10-11H2,1-2H3,(H,21,23)/t13-/m0/s1. The Bertz CT molecular complexity index is 912. The Morgan fingerprint density at radius 1 is 1.20 bits per heavy atom. The van der Waals surface area contributed by atoms with Gasteiger partial charge < -0.3 is 14.5 Å². The quantitative estimate of drug-likeness (QED) is 0.697. The lowest BCUT2D eigenvalue weighted by Gasteiger charge is -2.13. The van der Waals surface area contributed by atoms with E-state index in [1.807, 2.05) is 43.3 Å². The molecule has 0 spiro atoms. The SMILES string of the molecule is CCCNC(=O)[C@H](C)OC(=O)Cc1coc2ccc3ccccc3c12. The maximum atomic E-state index is 12.2. The van der Waals surface area contributed by atoms with Gasteiger partial charge in [0.05, 0.1) is 12.7 Å². The van der Waals surface area contributed by atoms with Crippen LogP contribution in [0.3, 0.4) is 0 Å². The first kappa shape index (κ1) is 17.0. The molecule has 3 rings (SSSR count). The number of amides is 1. The molecule has 0 fully saturated rings. The van der Waals surface area contributed by atoms with Crippen LogP contribution in [0, 0.1) is 0 Å². The Morgan fingerprint density at radius 2 is 2.00 bits per heavy atom. The third kappa shape index (κ3) is 3.65. The second kappa shape index (κ2) is 7.38. The maximum absolute atomic E-state index is 12.2. The molecule has 0 radical (unpaired) electrons. The van der Waals surface area contributed by atoms with Crippen LogP contribution in [0.4, 0.5) is 0 Å². The van der Waals surface area contributed by atoms with Crippen molar-refractivity contribution in [1.82, 2.24) is 5.32 Å². The van der Waals surface area contributed by atoms with Gasteiger partial charge in [0, 0.05) is 17.5 Å². The molecule has 0 bridgehead atoms. The van der Waals surface area contributed by atoms with Crippen LogP contribution in [0.25, 0.3) is 21.7 Å². The van der Waals surface area contributed by atoms with Crippen LogP contribution in [0.15, 0.2) is 47.1 Å². The summed E-state index contributed by atoms with van der Waals surface area (Å²) in [6.07, 6.45) is 1.67. The summed E-state index contributed by atoms with van der Waals surface area (Å²) in [5.41, 5.74) is 1.49. The Labute approximate surface area is 145 Å². The van der Waals surface area contributed by atoms with Crippen molar-refractivity contribution in [3.8, 4) is 0 Å². The molecule has 0 aliphatic carbocycles. The van der Waals surface area contributed by atoms with Crippen molar-refractivity contribution >= 4 is 33.6 Å². The minimum Gasteiger partial charge on any atom is -0.464 e. The van der Waals surface area contributed by atoms with Crippen molar-refractivity contribution in [3.63, 3.8) is 0 Å². The van der Waals surface area contributed by atoms with E-state index in [1.165, 1.54) is 0 Å². The van der Waals surface area contributed by atoms with E-state index in [4.69, 9.17) is 9.15 Å². The van der Waals surface area contributed by atoms with Gasteiger partial charge >= 0.3 is 5.97 Å². The van der Waals surface area contributed by atoms with Gasteiger partial charge in [-0.3, -0.25) is 9.59 Å². The average molecular weight is 339 g/mol. The Balaban J connectivity index is 1.78. The Morgan fingerprint density at radius 3 is 2.80 bits per heavy atom. The summed E-state index contributed by atoms with van der Waals surface area (Å²) in [5.74, 6) is -0.729. The normalized spacial score (nSPS) is 12.2. The number of carbonyl (C=O) groups is 2. The fourth-order valence-corrected chi connectivity index (χ4v) is 2.84. The molecule has 1 N–H and O–H groups in total. The fraction of sp³-hybridized carbons (Fsp3) is 0.300. The van der Waals surface area contributed by atoms with Crippen molar-refractivity contribution in [1.29, 1.82) is 0 Å². The molecule has 5 nitrogen and oxygen atoms in total. The highest BCUT2D eigenvalue weighted by atomic mass is 16.5. The molecule has 2 aromatic carbocycles. The van der Waals surface area contributed by atoms with E-state index in [1.54, 1.807) is 13.2 Å². The van der Waals surface area contributed by atoms with Crippen LogP contribution >= 0.6 is 0 Å². The van der Waals surface area contributed by atoms with Crippen LogP contribution in [0.5, 0.6) is 0 Å². The Hall–Kier alpha value is -2.82. The molecule has 3 aromatic rings. The van der Waals surface area contributed by atoms with Gasteiger partial charge in [-0.25, -0.2) is 0 Å². The summed E-state index contributed by atoms with van der Waals surface area (Å²) in [6.45, 7) is 4.11. The zero-order chi connectivity index (χ0) is 17.8. The molecule has 1 atom stereocenters. The van der Waals surface area contributed by atoms with Crippen LogP contribution < -0.4 is 5.32 Å². The molecule has 5 heteroatoms. The predicted octanol–water partition coefficient (Wildman–Crippen LogP) is 3.59. The first-order chi connectivity index (χ1) is 12.1. The van der Waals surface area contributed by atoms with Gasteiger partial charge in [-0.05, 0) is 30.2 Å². The molecule has 0 saturated carbocycles. The van der Waals surface area contributed by atoms with E-state index in [0.29, 0.717) is 6.54 Å². The highest BCUT2D eigenvalue weighted by Crippen LogP contribution is 2.30. The summed E-state index contributed by atoms with van der Waals surface area (Å²) in [6, 6.07) is 11.8.